The van der Waals surface area contributed by atoms with E-state index in [9.17, 15) is 8.60 Å². The maximum absolute atomic E-state index is 13.5. The van der Waals surface area contributed by atoms with Crippen LogP contribution < -0.4 is 4.31 Å². The summed E-state index contributed by atoms with van der Waals surface area (Å²) in [5.41, 5.74) is 4.27. The number of hydrogen-bond donors (Lipinski definition) is 1. The minimum Gasteiger partial charge on any atom is -0.455 e. The Balaban J connectivity index is 1.81. The molecule has 0 bridgehead atoms. The Kier molecular flexibility index (Phi) is 4.91. The lowest BCUT2D eigenvalue weighted by molar-refractivity contribution is 0.276. The molecule has 0 spiro atoms. The van der Waals surface area contributed by atoms with Gasteiger partial charge in [-0.15, -0.1) is 0 Å². The number of fused-ring (bicyclic) bond motifs is 2. The maximum atomic E-state index is 13.5. The number of furan rings is 1. The summed E-state index contributed by atoms with van der Waals surface area (Å²) in [7, 11) is 0.918. The molecule has 1 aliphatic rings. The zero-order valence-corrected chi connectivity index (χ0v) is 18.4. The predicted molar refractivity (Wildman–Crippen MR) is 122 cm³/mol. The quantitative estimate of drug-likeness (QED) is 0.502. The fourth-order valence-corrected chi connectivity index (χ4v) is 4.98. The number of nitrogens with zero attached hydrogens (tertiary/aromatic N) is 3. The van der Waals surface area contributed by atoms with E-state index in [4.69, 9.17) is 4.42 Å². The van der Waals surface area contributed by atoms with Crippen molar-refractivity contribution in [1.29, 1.82) is 0 Å². The third-order valence-electron chi connectivity index (χ3n) is 6.02. The van der Waals surface area contributed by atoms with Crippen molar-refractivity contribution in [2.24, 2.45) is 0 Å². The van der Waals surface area contributed by atoms with Crippen LogP contribution in [-0.4, -0.2) is 45.5 Å². The van der Waals surface area contributed by atoms with Gasteiger partial charge in [0.15, 0.2) is 0 Å². The van der Waals surface area contributed by atoms with Crippen LogP contribution in [-0.2, 0) is 11.0 Å². The molecule has 5 rings (SSSR count). The minimum absolute atomic E-state index is 0.140. The van der Waals surface area contributed by atoms with Crippen molar-refractivity contribution < 1.29 is 13.0 Å². The van der Waals surface area contributed by atoms with Crippen LogP contribution in [0.5, 0.6) is 0 Å². The first-order valence-electron chi connectivity index (χ1n) is 10.1. The molecule has 2 aromatic carbocycles. The van der Waals surface area contributed by atoms with Gasteiger partial charge >= 0.3 is 0 Å². The number of hydrogen-bond acceptors (Lipinski definition) is 4. The second-order valence-corrected chi connectivity index (χ2v) is 9.13. The second kappa shape index (κ2) is 7.62. The van der Waals surface area contributed by atoms with Crippen molar-refractivity contribution in [3.8, 4) is 22.7 Å². The van der Waals surface area contributed by atoms with E-state index in [1.54, 1.807) is 30.8 Å². The number of anilines is 1. The van der Waals surface area contributed by atoms with Gasteiger partial charge in [0, 0.05) is 54.8 Å². The summed E-state index contributed by atoms with van der Waals surface area (Å²) in [4.78, 5) is 9.89. The van der Waals surface area contributed by atoms with E-state index in [1.165, 1.54) is 12.1 Å². The van der Waals surface area contributed by atoms with Gasteiger partial charge in [0.05, 0.1) is 11.3 Å². The van der Waals surface area contributed by atoms with Gasteiger partial charge in [0.2, 0.25) is 0 Å². The summed E-state index contributed by atoms with van der Waals surface area (Å²) >= 11 is 0. The Morgan fingerprint density at radius 3 is 2.68 bits per heavy atom. The molecule has 8 heteroatoms. The van der Waals surface area contributed by atoms with Gasteiger partial charge < -0.3 is 9.40 Å². The van der Waals surface area contributed by atoms with Crippen molar-refractivity contribution >= 4 is 27.6 Å². The first-order valence-corrected chi connectivity index (χ1v) is 11.6. The van der Waals surface area contributed by atoms with Gasteiger partial charge in [-0.2, -0.15) is 0 Å². The molecular weight excluding hydrogens is 415 g/mol. The van der Waals surface area contributed by atoms with Gasteiger partial charge in [-0.25, -0.2) is 13.6 Å². The number of rotatable bonds is 3. The van der Waals surface area contributed by atoms with Crippen LogP contribution in [0.2, 0.25) is 0 Å². The van der Waals surface area contributed by atoms with Crippen LogP contribution >= 0.6 is 0 Å². The molecule has 2 aromatic heterocycles. The number of nitrogens with one attached hydrogen (secondary N) is 1. The molecule has 0 radical (unpaired) electrons. The molecule has 160 valence electrons. The third kappa shape index (κ3) is 3.36. The fourth-order valence-electron chi connectivity index (χ4n) is 4.21. The Labute approximate surface area is 182 Å². The van der Waals surface area contributed by atoms with E-state index in [2.05, 4.69) is 34.9 Å². The lowest BCUT2D eigenvalue weighted by atomic mass is 9.99. The van der Waals surface area contributed by atoms with Crippen molar-refractivity contribution in [2.75, 3.05) is 30.7 Å². The molecule has 0 aliphatic carbocycles. The molecule has 6 nitrogen and oxygen atoms in total. The highest BCUT2D eigenvalue weighted by molar-refractivity contribution is 7.85. The summed E-state index contributed by atoms with van der Waals surface area (Å²) in [6.45, 7) is 3.63. The van der Waals surface area contributed by atoms with Gasteiger partial charge in [-0.3, -0.25) is 9.21 Å². The van der Waals surface area contributed by atoms with Crippen LogP contribution in [0.15, 0.2) is 53.2 Å². The largest absolute Gasteiger partial charge is 0.455 e. The highest BCUT2D eigenvalue weighted by Crippen LogP contribution is 2.44. The fraction of sp³-hybridized carbons (Fsp3) is 0.261. The Morgan fingerprint density at radius 1 is 1.23 bits per heavy atom. The summed E-state index contributed by atoms with van der Waals surface area (Å²) < 4.78 is 34.3. The smallest absolute Gasteiger partial charge is 0.146 e. The normalized spacial score (nSPS) is 18.2. The van der Waals surface area contributed by atoms with Gasteiger partial charge in [-0.05, 0) is 49.9 Å². The first-order chi connectivity index (χ1) is 14.9. The molecule has 1 aliphatic heterocycles. The zero-order chi connectivity index (χ0) is 21.7. The number of benzene rings is 2. The Morgan fingerprint density at radius 2 is 2.00 bits per heavy atom. The number of halogens is 1. The monoisotopic (exact) mass is 438 g/mol. The topological polar surface area (TPSA) is 65.4 Å². The zero-order valence-electron chi connectivity index (χ0n) is 17.6. The Bertz CT molecular complexity index is 1270. The van der Waals surface area contributed by atoms with E-state index in [0.717, 1.165) is 34.3 Å². The molecule has 31 heavy (non-hydrogen) atoms. The van der Waals surface area contributed by atoms with Crippen LogP contribution in [0, 0.1) is 5.82 Å². The molecular formula is C23H23FN4O2S. The summed E-state index contributed by atoms with van der Waals surface area (Å²) in [6, 6.07) is 10.5. The van der Waals surface area contributed by atoms with Crippen LogP contribution in [0.1, 0.15) is 18.5 Å². The molecule has 2 unspecified atom stereocenters. The number of likely N-dealkylation sites (N-methyl/N-ethyl adjacent to an activating group) is 1. The molecule has 3 heterocycles. The number of H-pyrrole nitrogens is 1. The molecule has 1 N–H and O–H groups in total. The average molecular weight is 439 g/mol. The second-order valence-electron chi connectivity index (χ2n) is 7.84. The molecule has 0 saturated carbocycles. The maximum Gasteiger partial charge on any atom is 0.146 e. The Hall–Kier alpha value is -2.97. The van der Waals surface area contributed by atoms with Crippen LogP contribution in [0.25, 0.3) is 33.7 Å². The van der Waals surface area contributed by atoms with E-state index in [-0.39, 0.29) is 11.9 Å². The van der Waals surface area contributed by atoms with E-state index >= 15 is 0 Å². The van der Waals surface area contributed by atoms with E-state index in [1.807, 2.05) is 10.4 Å². The van der Waals surface area contributed by atoms with E-state index < -0.39 is 11.0 Å². The first kappa shape index (κ1) is 20.0. The number of aromatic amines is 1. The molecule has 0 saturated heterocycles. The highest BCUT2D eigenvalue weighted by atomic mass is 32.2. The minimum atomic E-state index is -1.16. The number of aromatic nitrogens is 2. The predicted octanol–water partition coefficient (Wildman–Crippen LogP) is 4.74. The van der Waals surface area contributed by atoms with Gasteiger partial charge in [-0.1, -0.05) is 0 Å². The lowest BCUT2D eigenvalue weighted by Gasteiger charge is -2.23. The van der Waals surface area contributed by atoms with Gasteiger partial charge in [0.25, 0.3) is 0 Å². The van der Waals surface area contributed by atoms with Crippen LogP contribution in [0.3, 0.4) is 0 Å². The number of imidazole rings is 1. The van der Waals surface area contributed by atoms with E-state index in [0.29, 0.717) is 23.7 Å². The van der Waals surface area contributed by atoms with Crippen molar-refractivity contribution in [3.63, 3.8) is 0 Å². The molecule has 4 aromatic rings. The summed E-state index contributed by atoms with van der Waals surface area (Å²) in [5.74, 6) is 1.00. The lowest BCUT2D eigenvalue weighted by Crippen LogP contribution is -2.31. The van der Waals surface area contributed by atoms with Crippen molar-refractivity contribution in [3.05, 3.63) is 60.2 Å². The van der Waals surface area contributed by atoms with Gasteiger partial charge in [0.1, 0.15) is 34.0 Å². The standard InChI is InChI=1S/C23H23FN4O2S/c1-14-17-12-18-20(13-19(17)28(31(3)29)11-10-27(14)2)30-22(15-4-6-16(24)7-5-15)21(18)23-25-8-9-26-23/h4-9,12-14H,10-11H2,1-3H3,(H,25,26). The molecule has 2 atom stereocenters. The molecule has 0 amide bonds. The molecule has 0 fully saturated rings. The van der Waals surface area contributed by atoms with Crippen molar-refractivity contribution in [1.82, 2.24) is 14.9 Å². The third-order valence-corrected chi connectivity index (χ3v) is 7.02. The summed E-state index contributed by atoms with van der Waals surface area (Å²) in [5, 5.41) is 0.914. The average Bonchev–Trinajstić information content (AvgIpc) is 3.37. The van der Waals surface area contributed by atoms with Crippen molar-refractivity contribution in [2.45, 2.75) is 13.0 Å². The SMILES string of the molecule is CC1c2cc3c(-c4ncc[nH]4)c(-c4ccc(F)cc4)oc3cc2N(S(C)=O)CCN1C. The van der Waals surface area contributed by atoms with Crippen LogP contribution in [0.4, 0.5) is 10.1 Å². The highest BCUT2D eigenvalue weighted by Gasteiger charge is 2.29. The summed E-state index contributed by atoms with van der Waals surface area (Å²) in [6.07, 6.45) is 5.17.